The number of benzene rings is 3. The molecule has 0 bridgehead atoms. The molecule has 1 aliphatic rings. The van der Waals surface area contributed by atoms with E-state index in [0.29, 0.717) is 13.2 Å². The van der Waals surface area contributed by atoms with Crippen LogP contribution in [0.2, 0.25) is 0 Å². The molecule has 5 heteroatoms. The quantitative estimate of drug-likeness (QED) is 0.712. The Bertz CT molecular complexity index is 924. The van der Waals surface area contributed by atoms with Crippen LogP contribution in [0.4, 0.5) is 10.5 Å². The fourth-order valence-electron chi connectivity index (χ4n) is 3.60. The molecule has 1 fully saturated rings. The van der Waals surface area contributed by atoms with Gasteiger partial charge in [0.1, 0.15) is 0 Å². The van der Waals surface area contributed by atoms with Crippen LogP contribution in [0.15, 0.2) is 72.8 Å². The number of amides is 2. The molecule has 1 saturated heterocycles. The zero-order valence-corrected chi connectivity index (χ0v) is 15.8. The van der Waals surface area contributed by atoms with Crippen molar-refractivity contribution in [1.82, 2.24) is 10.2 Å². The minimum Gasteiger partial charge on any atom is -0.374 e. The van der Waals surface area contributed by atoms with Crippen molar-refractivity contribution in [3.8, 4) is 0 Å². The molecule has 1 aliphatic heterocycles. The van der Waals surface area contributed by atoms with Gasteiger partial charge in [-0.1, -0.05) is 66.7 Å². The lowest BCUT2D eigenvalue weighted by molar-refractivity contribution is -0.0285. The Balaban J connectivity index is 1.29. The highest BCUT2D eigenvalue weighted by atomic mass is 16.5. The first-order chi connectivity index (χ1) is 13.8. The lowest BCUT2D eigenvalue weighted by Gasteiger charge is -2.33. The van der Waals surface area contributed by atoms with Gasteiger partial charge in [0.05, 0.1) is 18.4 Å². The Kier molecular flexibility index (Phi) is 5.85. The first kappa shape index (κ1) is 18.5. The Morgan fingerprint density at radius 2 is 1.79 bits per heavy atom. The van der Waals surface area contributed by atoms with E-state index in [1.54, 1.807) is 0 Å². The smallest absolute Gasteiger partial charge is 0.319 e. The predicted octanol–water partition coefficient (Wildman–Crippen LogP) is 3.86. The molecule has 1 unspecified atom stereocenters. The molecule has 1 heterocycles. The van der Waals surface area contributed by atoms with E-state index in [1.165, 1.54) is 5.56 Å². The van der Waals surface area contributed by atoms with Crippen molar-refractivity contribution in [1.29, 1.82) is 0 Å². The second-order valence-corrected chi connectivity index (χ2v) is 7.08. The van der Waals surface area contributed by atoms with Gasteiger partial charge < -0.3 is 15.4 Å². The topological polar surface area (TPSA) is 53.6 Å². The third-order valence-corrected chi connectivity index (χ3v) is 5.00. The van der Waals surface area contributed by atoms with Gasteiger partial charge >= 0.3 is 6.03 Å². The first-order valence-corrected chi connectivity index (χ1v) is 9.68. The monoisotopic (exact) mass is 375 g/mol. The molecule has 5 nitrogen and oxygen atoms in total. The zero-order chi connectivity index (χ0) is 19.2. The molecular formula is C23H25N3O2. The number of hydrogen-bond donors (Lipinski definition) is 2. The van der Waals surface area contributed by atoms with Crippen LogP contribution in [-0.4, -0.2) is 43.3 Å². The molecule has 4 rings (SSSR count). The number of nitrogens with zero attached hydrogens (tertiary/aromatic N) is 1. The highest BCUT2D eigenvalue weighted by Crippen LogP contribution is 2.22. The molecule has 3 aromatic rings. The highest BCUT2D eigenvalue weighted by Gasteiger charge is 2.21. The summed E-state index contributed by atoms with van der Waals surface area (Å²) in [5.74, 6) is 0. The van der Waals surface area contributed by atoms with Crippen molar-refractivity contribution >= 4 is 22.5 Å². The van der Waals surface area contributed by atoms with Gasteiger partial charge in [-0.05, 0) is 17.0 Å². The average molecular weight is 375 g/mol. The van der Waals surface area contributed by atoms with Crippen LogP contribution in [0.3, 0.4) is 0 Å². The van der Waals surface area contributed by atoms with Gasteiger partial charge in [0, 0.05) is 31.6 Å². The van der Waals surface area contributed by atoms with E-state index >= 15 is 0 Å². The minimum atomic E-state index is -0.208. The third kappa shape index (κ3) is 4.68. The Labute approximate surface area is 165 Å². The van der Waals surface area contributed by atoms with Gasteiger partial charge in [0.15, 0.2) is 0 Å². The number of ether oxygens (including phenoxy) is 1. The van der Waals surface area contributed by atoms with Gasteiger partial charge in [0.2, 0.25) is 0 Å². The molecule has 3 aromatic carbocycles. The van der Waals surface area contributed by atoms with Crippen molar-refractivity contribution in [2.24, 2.45) is 0 Å². The van der Waals surface area contributed by atoms with Gasteiger partial charge in [-0.25, -0.2) is 4.79 Å². The maximum atomic E-state index is 12.4. The van der Waals surface area contributed by atoms with E-state index in [0.717, 1.165) is 36.1 Å². The Hall–Kier alpha value is -2.89. The summed E-state index contributed by atoms with van der Waals surface area (Å²) >= 11 is 0. The number of rotatable bonds is 5. The standard InChI is InChI=1S/C23H25N3O2/c27-23(25-22-12-6-10-19-9-4-5-11-21(19)22)24-15-20-17-26(13-14-28-20)16-18-7-2-1-3-8-18/h1-12,20H,13-17H2,(H2,24,25,27). The number of carbonyl (C=O) groups is 1. The Morgan fingerprint density at radius 1 is 1.00 bits per heavy atom. The van der Waals surface area contributed by atoms with Crippen LogP contribution in [0.1, 0.15) is 5.56 Å². The molecule has 0 spiro atoms. The summed E-state index contributed by atoms with van der Waals surface area (Å²) in [5, 5.41) is 8.04. The molecule has 0 aromatic heterocycles. The van der Waals surface area contributed by atoms with E-state index in [2.05, 4.69) is 39.8 Å². The van der Waals surface area contributed by atoms with E-state index in [4.69, 9.17) is 4.74 Å². The molecule has 0 aliphatic carbocycles. The number of hydrogen-bond acceptors (Lipinski definition) is 3. The molecule has 28 heavy (non-hydrogen) atoms. The average Bonchev–Trinajstić information content (AvgIpc) is 2.74. The summed E-state index contributed by atoms with van der Waals surface area (Å²) in [5.41, 5.74) is 2.11. The maximum Gasteiger partial charge on any atom is 0.319 e. The van der Waals surface area contributed by atoms with Crippen molar-refractivity contribution in [3.05, 3.63) is 78.4 Å². The first-order valence-electron chi connectivity index (χ1n) is 9.68. The fourth-order valence-corrected chi connectivity index (χ4v) is 3.60. The summed E-state index contributed by atoms with van der Waals surface area (Å²) in [4.78, 5) is 14.7. The molecule has 0 saturated carbocycles. The predicted molar refractivity (Wildman–Crippen MR) is 112 cm³/mol. The molecule has 1 atom stereocenters. The molecule has 2 N–H and O–H groups in total. The van der Waals surface area contributed by atoms with Crippen LogP contribution in [0, 0.1) is 0 Å². The summed E-state index contributed by atoms with van der Waals surface area (Å²) in [6.45, 7) is 3.80. The second kappa shape index (κ2) is 8.87. The number of carbonyl (C=O) groups excluding carboxylic acids is 1. The van der Waals surface area contributed by atoms with Gasteiger partial charge in [-0.3, -0.25) is 4.90 Å². The molecule has 0 radical (unpaired) electrons. The van der Waals surface area contributed by atoms with Crippen LogP contribution in [0.5, 0.6) is 0 Å². The zero-order valence-electron chi connectivity index (χ0n) is 15.8. The van der Waals surface area contributed by atoms with E-state index in [1.807, 2.05) is 48.5 Å². The van der Waals surface area contributed by atoms with E-state index in [9.17, 15) is 4.79 Å². The number of morpholine rings is 1. The fraction of sp³-hybridized carbons (Fsp3) is 0.261. The highest BCUT2D eigenvalue weighted by molar-refractivity contribution is 6.01. The number of urea groups is 1. The largest absolute Gasteiger partial charge is 0.374 e. The van der Waals surface area contributed by atoms with Gasteiger partial charge in [0.25, 0.3) is 0 Å². The van der Waals surface area contributed by atoms with Crippen molar-refractivity contribution in [2.75, 3.05) is 31.6 Å². The van der Waals surface area contributed by atoms with Gasteiger partial charge in [-0.15, -0.1) is 0 Å². The Morgan fingerprint density at radius 3 is 2.68 bits per heavy atom. The third-order valence-electron chi connectivity index (χ3n) is 5.00. The molecular weight excluding hydrogens is 350 g/mol. The van der Waals surface area contributed by atoms with Gasteiger partial charge in [-0.2, -0.15) is 0 Å². The number of anilines is 1. The summed E-state index contributed by atoms with van der Waals surface area (Å²) in [6.07, 6.45) is -0.00395. The van der Waals surface area contributed by atoms with Crippen LogP contribution < -0.4 is 10.6 Å². The summed E-state index contributed by atoms with van der Waals surface area (Å²) in [6, 6.07) is 24.1. The van der Waals surface area contributed by atoms with Crippen molar-refractivity contribution < 1.29 is 9.53 Å². The number of fused-ring (bicyclic) bond motifs is 1. The van der Waals surface area contributed by atoms with E-state index < -0.39 is 0 Å². The molecule has 2 amide bonds. The lowest BCUT2D eigenvalue weighted by atomic mass is 10.1. The van der Waals surface area contributed by atoms with Crippen LogP contribution in [-0.2, 0) is 11.3 Å². The maximum absolute atomic E-state index is 12.4. The second-order valence-electron chi connectivity index (χ2n) is 7.08. The van der Waals surface area contributed by atoms with E-state index in [-0.39, 0.29) is 12.1 Å². The lowest BCUT2D eigenvalue weighted by Crippen LogP contribution is -2.47. The minimum absolute atomic E-state index is 0.00395. The van der Waals surface area contributed by atoms with Crippen molar-refractivity contribution in [3.63, 3.8) is 0 Å². The summed E-state index contributed by atoms with van der Waals surface area (Å²) < 4.78 is 5.83. The number of nitrogens with one attached hydrogen (secondary N) is 2. The molecule has 144 valence electrons. The van der Waals surface area contributed by atoms with Crippen LogP contribution in [0.25, 0.3) is 10.8 Å². The van der Waals surface area contributed by atoms with Crippen LogP contribution >= 0.6 is 0 Å². The van der Waals surface area contributed by atoms with Crippen molar-refractivity contribution in [2.45, 2.75) is 12.6 Å². The SMILES string of the molecule is O=C(NCC1CN(Cc2ccccc2)CCO1)Nc1cccc2ccccc12. The normalized spacial score (nSPS) is 17.4. The summed E-state index contributed by atoms with van der Waals surface area (Å²) in [7, 11) is 0.